The smallest absolute Gasteiger partial charge is 0.00501 e. The highest BCUT2D eigenvalue weighted by atomic mass is 15.1. The lowest BCUT2D eigenvalue weighted by Crippen LogP contribution is -2.46. The van der Waals surface area contributed by atoms with E-state index in [1.54, 1.807) is 0 Å². The van der Waals surface area contributed by atoms with Crippen molar-refractivity contribution in [3.05, 3.63) is 0 Å². The van der Waals surface area contributed by atoms with Crippen LogP contribution >= 0.6 is 0 Å². The Morgan fingerprint density at radius 3 is 2.61 bits per heavy atom. The van der Waals surface area contributed by atoms with E-state index in [1.165, 1.54) is 58.3 Å². The summed E-state index contributed by atoms with van der Waals surface area (Å²) in [5, 5.41) is 3.62. The molecule has 0 bridgehead atoms. The van der Waals surface area contributed by atoms with Gasteiger partial charge in [0, 0.05) is 13.1 Å². The van der Waals surface area contributed by atoms with Crippen LogP contribution in [0.1, 0.15) is 59.8 Å². The van der Waals surface area contributed by atoms with Crippen molar-refractivity contribution in [2.75, 3.05) is 32.7 Å². The second kappa shape index (κ2) is 8.16. The number of hydrogen-bond acceptors (Lipinski definition) is 2. The van der Waals surface area contributed by atoms with Crippen LogP contribution in [0.15, 0.2) is 0 Å². The van der Waals surface area contributed by atoms with Gasteiger partial charge in [-0.1, -0.05) is 40.5 Å². The highest BCUT2D eigenvalue weighted by molar-refractivity contribution is 4.89. The van der Waals surface area contributed by atoms with Crippen molar-refractivity contribution >= 4 is 0 Å². The number of rotatable bonds is 8. The fraction of sp³-hybridized carbons (Fsp3) is 1.00. The second-order valence-electron chi connectivity index (χ2n) is 6.35. The molecule has 0 aromatic heterocycles. The topological polar surface area (TPSA) is 15.3 Å². The maximum absolute atomic E-state index is 3.62. The minimum absolute atomic E-state index is 0.541. The van der Waals surface area contributed by atoms with Crippen molar-refractivity contribution in [2.24, 2.45) is 11.3 Å². The average molecular weight is 254 g/mol. The van der Waals surface area contributed by atoms with E-state index in [4.69, 9.17) is 0 Å². The zero-order valence-corrected chi connectivity index (χ0v) is 13.1. The summed E-state index contributed by atoms with van der Waals surface area (Å²) in [6.07, 6.45) is 6.98. The Bertz CT molecular complexity index is 217. The molecule has 0 aromatic rings. The van der Waals surface area contributed by atoms with Gasteiger partial charge in [0.15, 0.2) is 0 Å². The molecule has 108 valence electrons. The monoisotopic (exact) mass is 254 g/mol. The van der Waals surface area contributed by atoms with Crippen LogP contribution in [0.4, 0.5) is 0 Å². The summed E-state index contributed by atoms with van der Waals surface area (Å²) in [5.74, 6) is 0.915. The third-order valence-corrected chi connectivity index (χ3v) is 4.48. The Hall–Kier alpha value is -0.0800. The lowest BCUT2D eigenvalue weighted by molar-refractivity contribution is 0.0828. The average Bonchev–Trinajstić information content (AvgIpc) is 2.36. The molecule has 1 rings (SSSR count). The standard InChI is InChI=1S/C16H34N2/c1-5-11-18(7-3)14-16(13-17-6-2)10-8-9-15(4)12-16/h15,17H,5-14H2,1-4H3. The lowest BCUT2D eigenvalue weighted by atomic mass is 9.69. The van der Waals surface area contributed by atoms with Crippen LogP contribution in [-0.4, -0.2) is 37.6 Å². The summed E-state index contributed by atoms with van der Waals surface area (Å²) < 4.78 is 0. The first-order valence-corrected chi connectivity index (χ1v) is 8.09. The minimum atomic E-state index is 0.541. The maximum Gasteiger partial charge on any atom is 0.00501 e. The SMILES string of the molecule is CCCN(CC)CC1(CNCC)CCCC(C)C1. The van der Waals surface area contributed by atoms with Crippen LogP contribution < -0.4 is 5.32 Å². The fourth-order valence-electron chi connectivity index (χ4n) is 3.66. The third kappa shape index (κ3) is 4.89. The van der Waals surface area contributed by atoms with Crippen molar-refractivity contribution in [3.63, 3.8) is 0 Å². The Labute approximate surface area is 115 Å². The van der Waals surface area contributed by atoms with E-state index in [0.717, 1.165) is 12.5 Å². The molecule has 1 saturated carbocycles. The molecule has 0 saturated heterocycles. The van der Waals surface area contributed by atoms with E-state index in [-0.39, 0.29) is 0 Å². The van der Waals surface area contributed by atoms with Crippen LogP contribution in [0.5, 0.6) is 0 Å². The first-order valence-electron chi connectivity index (χ1n) is 8.09. The van der Waals surface area contributed by atoms with E-state index >= 15 is 0 Å². The van der Waals surface area contributed by atoms with Crippen LogP contribution in [0.2, 0.25) is 0 Å². The van der Waals surface area contributed by atoms with E-state index < -0.39 is 0 Å². The Morgan fingerprint density at radius 2 is 2.06 bits per heavy atom. The molecule has 0 heterocycles. The molecule has 1 aliphatic carbocycles. The van der Waals surface area contributed by atoms with Gasteiger partial charge in [-0.2, -0.15) is 0 Å². The molecule has 2 unspecified atom stereocenters. The molecule has 0 amide bonds. The van der Waals surface area contributed by atoms with Gasteiger partial charge in [0.05, 0.1) is 0 Å². The first kappa shape index (κ1) is 16.0. The first-order chi connectivity index (χ1) is 8.65. The van der Waals surface area contributed by atoms with Crippen LogP contribution in [-0.2, 0) is 0 Å². The largest absolute Gasteiger partial charge is 0.316 e. The highest BCUT2D eigenvalue weighted by Gasteiger charge is 2.35. The number of nitrogens with one attached hydrogen (secondary N) is 1. The van der Waals surface area contributed by atoms with Gasteiger partial charge in [-0.3, -0.25) is 0 Å². The van der Waals surface area contributed by atoms with Crippen molar-refractivity contribution in [1.82, 2.24) is 10.2 Å². The normalized spacial score (nSPS) is 28.8. The number of hydrogen-bond donors (Lipinski definition) is 1. The molecule has 2 nitrogen and oxygen atoms in total. The molecular weight excluding hydrogens is 220 g/mol. The fourth-order valence-corrected chi connectivity index (χ4v) is 3.66. The molecule has 0 radical (unpaired) electrons. The summed E-state index contributed by atoms with van der Waals surface area (Å²) in [4.78, 5) is 2.66. The highest BCUT2D eigenvalue weighted by Crippen LogP contribution is 2.39. The van der Waals surface area contributed by atoms with Crippen molar-refractivity contribution in [1.29, 1.82) is 0 Å². The molecule has 1 aliphatic rings. The van der Waals surface area contributed by atoms with Crippen molar-refractivity contribution in [3.8, 4) is 0 Å². The summed E-state index contributed by atoms with van der Waals surface area (Å²) in [6, 6.07) is 0. The van der Waals surface area contributed by atoms with Gasteiger partial charge in [0.1, 0.15) is 0 Å². The molecule has 0 aliphatic heterocycles. The maximum atomic E-state index is 3.62. The van der Waals surface area contributed by atoms with E-state index in [1.807, 2.05) is 0 Å². The molecular formula is C16H34N2. The van der Waals surface area contributed by atoms with Crippen LogP contribution in [0.3, 0.4) is 0 Å². The molecule has 2 atom stereocenters. The zero-order chi connectivity index (χ0) is 13.4. The lowest BCUT2D eigenvalue weighted by Gasteiger charge is -2.43. The van der Waals surface area contributed by atoms with E-state index in [0.29, 0.717) is 5.41 Å². The Morgan fingerprint density at radius 1 is 1.28 bits per heavy atom. The molecule has 1 N–H and O–H groups in total. The summed E-state index contributed by atoms with van der Waals surface area (Å²) in [6.45, 7) is 15.4. The van der Waals surface area contributed by atoms with Gasteiger partial charge in [0.25, 0.3) is 0 Å². The summed E-state index contributed by atoms with van der Waals surface area (Å²) in [7, 11) is 0. The van der Waals surface area contributed by atoms with E-state index in [2.05, 4.69) is 37.9 Å². The summed E-state index contributed by atoms with van der Waals surface area (Å²) in [5.41, 5.74) is 0.541. The number of nitrogens with zero attached hydrogens (tertiary/aromatic N) is 1. The molecule has 0 spiro atoms. The Balaban J connectivity index is 2.63. The predicted octanol–water partition coefficient (Wildman–Crippen LogP) is 3.52. The quantitative estimate of drug-likeness (QED) is 0.713. The second-order valence-corrected chi connectivity index (χ2v) is 6.35. The van der Waals surface area contributed by atoms with Crippen molar-refractivity contribution in [2.45, 2.75) is 59.8 Å². The van der Waals surface area contributed by atoms with Crippen LogP contribution in [0, 0.1) is 11.3 Å². The van der Waals surface area contributed by atoms with Gasteiger partial charge in [-0.25, -0.2) is 0 Å². The summed E-state index contributed by atoms with van der Waals surface area (Å²) >= 11 is 0. The predicted molar refractivity (Wildman–Crippen MR) is 81.0 cm³/mol. The van der Waals surface area contributed by atoms with E-state index in [9.17, 15) is 0 Å². The van der Waals surface area contributed by atoms with Crippen LogP contribution in [0.25, 0.3) is 0 Å². The third-order valence-electron chi connectivity index (χ3n) is 4.48. The van der Waals surface area contributed by atoms with Crippen molar-refractivity contribution < 1.29 is 0 Å². The Kier molecular flexibility index (Phi) is 7.25. The molecule has 18 heavy (non-hydrogen) atoms. The van der Waals surface area contributed by atoms with Gasteiger partial charge in [-0.05, 0) is 50.2 Å². The van der Waals surface area contributed by atoms with Gasteiger partial charge in [-0.15, -0.1) is 0 Å². The molecule has 2 heteroatoms. The minimum Gasteiger partial charge on any atom is -0.316 e. The van der Waals surface area contributed by atoms with Gasteiger partial charge in [0.2, 0.25) is 0 Å². The zero-order valence-electron chi connectivity index (χ0n) is 13.1. The van der Waals surface area contributed by atoms with Gasteiger partial charge < -0.3 is 10.2 Å². The van der Waals surface area contributed by atoms with Gasteiger partial charge >= 0.3 is 0 Å². The molecule has 1 fully saturated rings. The molecule has 0 aromatic carbocycles.